The molecular weight excluding hydrogens is 420 g/mol. The molecule has 1 unspecified atom stereocenters. The van der Waals surface area contributed by atoms with E-state index in [0.29, 0.717) is 41.6 Å². The third-order valence-corrected chi connectivity index (χ3v) is 5.35. The molecule has 1 atom stereocenters. The molecule has 3 rings (SSSR count). The maximum Gasteiger partial charge on any atom is 0.295 e. The van der Waals surface area contributed by atoms with Crippen LogP contribution in [-0.4, -0.2) is 65.5 Å². The minimum absolute atomic E-state index is 0.0146. The van der Waals surface area contributed by atoms with Gasteiger partial charge in [-0.15, -0.1) is 0 Å². The number of phenols is 1. The molecule has 1 aliphatic rings. The number of aliphatic hydroxyl groups excluding tert-OH is 1. The fraction of sp³-hybridized carbons (Fsp3) is 0.304. The Morgan fingerprint density at radius 2 is 1.84 bits per heavy atom. The maximum atomic E-state index is 13.0. The van der Waals surface area contributed by atoms with Gasteiger partial charge in [-0.25, -0.2) is 0 Å². The summed E-state index contributed by atoms with van der Waals surface area (Å²) in [6, 6.07) is 10.1. The quantitative estimate of drug-likeness (QED) is 0.386. The van der Waals surface area contributed by atoms with Crippen molar-refractivity contribution in [3.8, 4) is 11.5 Å². The van der Waals surface area contributed by atoms with E-state index in [1.165, 1.54) is 17.0 Å². The second-order valence-electron chi connectivity index (χ2n) is 7.47. The molecule has 0 aliphatic carbocycles. The van der Waals surface area contributed by atoms with Crippen molar-refractivity contribution in [2.45, 2.75) is 13.0 Å². The minimum Gasteiger partial charge on any atom is -0.508 e. The average Bonchev–Trinajstić information content (AvgIpc) is 2.98. The Morgan fingerprint density at radius 3 is 2.45 bits per heavy atom. The molecule has 2 aromatic rings. The highest BCUT2D eigenvalue weighted by Crippen LogP contribution is 2.40. The van der Waals surface area contributed by atoms with Gasteiger partial charge in [-0.2, -0.15) is 0 Å². The molecule has 0 radical (unpaired) electrons. The molecule has 2 aromatic carbocycles. The SMILES string of the molecule is CCOc1cc(/C(O)=C2/C(=O)C(=O)N(CCN(C)C)C2c2ccc(O)cc2)ccc1Cl. The molecule has 31 heavy (non-hydrogen) atoms. The van der Waals surface area contributed by atoms with E-state index in [1.807, 2.05) is 25.9 Å². The minimum atomic E-state index is -0.785. The number of carbonyl (C=O) groups is 2. The first kappa shape index (κ1) is 22.7. The van der Waals surface area contributed by atoms with Crippen LogP contribution in [0.3, 0.4) is 0 Å². The second-order valence-corrected chi connectivity index (χ2v) is 7.87. The number of carbonyl (C=O) groups excluding carboxylic acids is 2. The monoisotopic (exact) mass is 444 g/mol. The molecule has 0 bridgehead atoms. The van der Waals surface area contributed by atoms with Crippen molar-refractivity contribution in [1.29, 1.82) is 0 Å². The van der Waals surface area contributed by atoms with Gasteiger partial charge in [0.2, 0.25) is 0 Å². The fourth-order valence-corrected chi connectivity index (χ4v) is 3.67. The summed E-state index contributed by atoms with van der Waals surface area (Å²) in [5.41, 5.74) is 0.915. The van der Waals surface area contributed by atoms with Crippen LogP contribution in [0, 0.1) is 0 Å². The van der Waals surface area contributed by atoms with Crippen LogP contribution in [0.15, 0.2) is 48.0 Å². The number of hydrogen-bond donors (Lipinski definition) is 2. The number of aromatic hydroxyl groups is 1. The molecule has 7 nitrogen and oxygen atoms in total. The number of nitrogens with zero attached hydrogens (tertiary/aromatic N) is 2. The molecule has 8 heteroatoms. The molecule has 2 N–H and O–H groups in total. The summed E-state index contributed by atoms with van der Waals surface area (Å²) >= 11 is 6.14. The van der Waals surface area contributed by atoms with E-state index in [2.05, 4.69) is 0 Å². The molecule has 0 aromatic heterocycles. The van der Waals surface area contributed by atoms with E-state index < -0.39 is 17.7 Å². The first-order valence-electron chi connectivity index (χ1n) is 9.89. The Balaban J connectivity index is 2.14. The predicted octanol–water partition coefficient (Wildman–Crippen LogP) is 3.43. The lowest BCUT2D eigenvalue weighted by atomic mass is 9.95. The summed E-state index contributed by atoms with van der Waals surface area (Å²) in [7, 11) is 3.74. The normalized spacial score (nSPS) is 18.1. The van der Waals surface area contributed by atoms with Crippen LogP contribution in [0.1, 0.15) is 24.1 Å². The number of aliphatic hydroxyl groups is 1. The highest BCUT2D eigenvalue weighted by molar-refractivity contribution is 6.46. The lowest BCUT2D eigenvalue weighted by molar-refractivity contribution is -0.140. The van der Waals surface area contributed by atoms with Gasteiger partial charge >= 0.3 is 0 Å². The highest BCUT2D eigenvalue weighted by atomic mass is 35.5. The van der Waals surface area contributed by atoms with Crippen molar-refractivity contribution < 1.29 is 24.5 Å². The molecule has 0 spiro atoms. The van der Waals surface area contributed by atoms with E-state index >= 15 is 0 Å². The third kappa shape index (κ3) is 4.68. The molecule has 164 valence electrons. The summed E-state index contributed by atoms with van der Waals surface area (Å²) in [6.45, 7) is 3.03. The summed E-state index contributed by atoms with van der Waals surface area (Å²) in [4.78, 5) is 29.2. The number of likely N-dealkylation sites (N-methyl/N-ethyl adjacent to an activating group) is 1. The number of halogens is 1. The zero-order valence-electron chi connectivity index (χ0n) is 17.6. The Labute approximate surface area is 186 Å². The van der Waals surface area contributed by atoms with Crippen LogP contribution in [0.5, 0.6) is 11.5 Å². The smallest absolute Gasteiger partial charge is 0.295 e. The number of likely N-dealkylation sites (tertiary alicyclic amines) is 1. The Morgan fingerprint density at radius 1 is 1.16 bits per heavy atom. The van der Waals surface area contributed by atoms with Crippen molar-refractivity contribution in [1.82, 2.24) is 9.80 Å². The number of hydrogen-bond acceptors (Lipinski definition) is 6. The summed E-state index contributed by atoms with van der Waals surface area (Å²) in [5.74, 6) is -1.31. The van der Waals surface area contributed by atoms with Gasteiger partial charge < -0.3 is 24.7 Å². The van der Waals surface area contributed by atoms with Crippen LogP contribution in [0.4, 0.5) is 0 Å². The Kier molecular flexibility index (Phi) is 6.87. The summed E-state index contributed by atoms with van der Waals surface area (Å²) in [5, 5.41) is 21.1. The number of ketones is 1. The molecule has 0 saturated carbocycles. The van der Waals surface area contributed by atoms with Crippen LogP contribution >= 0.6 is 11.6 Å². The van der Waals surface area contributed by atoms with Gasteiger partial charge in [-0.3, -0.25) is 9.59 Å². The number of Topliss-reactive ketones (excluding diaryl/α,β-unsaturated/α-hetero) is 1. The van der Waals surface area contributed by atoms with E-state index in [9.17, 15) is 19.8 Å². The van der Waals surface area contributed by atoms with E-state index in [0.717, 1.165) is 0 Å². The van der Waals surface area contributed by atoms with Crippen LogP contribution in [-0.2, 0) is 9.59 Å². The summed E-state index contributed by atoms with van der Waals surface area (Å²) in [6.07, 6.45) is 0. The summed E-state index contributed by atoms with van der Waals surface area (Å²) < 4.78 is 5.49. The van der Waals surface area contributed by atoms with Gasteiger partial charge in [0.05, 0.1) is 23.2 Å². The van der Waals surface area contributed by atoms with E-state index in [-0.39, 0.29) is 17.1 Å². The second kappa shape index (κ2) is 9.41. The lowest BCUT2D eigenvalue weighted by Gasteiger charge is -2.26. The molecule has 1 heterocycles. The van der Waals surface area contributed by atoms with Crippen LogP contribution in [0.25, 0.3) is 5.76 Å². The number of benzene rings is 2. The topological polar surface area (TPSA) is 90.3 Å². The van der Waals surface area contributed by atoms with Crippen molar-refractivity contribution in [2.24, 2.45) is 0 Å². The van der Waals surface area contributed by atoms with Gasteiger partial charge in [0.15, 0.2) is 0 Å². The predicted molar refractivity (Wildman–Crippen MR) is 118 cm³/mol. The molecule has 1 aliphatic heterocycles. The van der Waals surface area contributed by atoms with Crippen molar-refractivity contribution >= 4 is 29.1 Å². The Hall–Kier alpha value is -3.03. The lowest BCUT2D eigenvalue weighted by Crippen LogP contribution is -2.35. The van der Waals surface area contributed by atoms with Gasteiger partial charge in [-0.1, -0.05) is 23.7 Å². The van der Waals surface area contributed by atoms with E-state index in [4.69, 9.17) is 16.3 Å². The van der Waals surface area contributed by atoms with Gasteiger partial charge in [0.1, 0.15) is 17.3 Å². The largest absolute Gasteiger partial charge is 0.508 e. The van der Waals surface area contributed by atoms with Gasteiger partial charge in [-0.05, 0) is 56.9 Å². The molecular formula is C23H25ClN2O5. The number of ether oxygens (including phenoxy) is 1. The van der Waals surface area contributed by atoms with Crippen molar-refractivity contribution in [3.05, 3.63) is 64.2 Å². The molecule has 1 amide bonds. The first-order chi connectivity index (χ1) is 14.7. The van der Waals surface area contributed by atoms with Gasteiger partial charge in [0.25, 0.3) is 11.7 Å². The van der Waals surface area contributed by atoms with E-state index in [1.54, 1.807) is 30.3 Å². The maximum absolute atomic E-state index is 13.0. The fourth-order valence-electron chi connectivity index (χ4n) is 3.49. The molecule has 1 fully saturated rings. The number of phenolic OH excluding ortho intramolecular Hbond substituents is 1. The van der Waals surface area contributed by atoms with Gasteiger partial charge in [0, 0.05) is 18.7 Å². The zero-order valence-corrected chi connectivity index (χ0v) is 18.4. The van der Waals surface area contributed by atoms with Crippen LogP contribution in [0.2, 0.25) is 5.02 Å². The van der Waals surface area contributed by atoms with Crippen molar-refractivity contribution in [3.63, 3.8) is 0 Å². The van der Waals surface area contributed by atoms with Crippen molar-refractivity contribution in [2.75, 3.05) is 33.8 Å². The average molecular weight is 445 g/mol. The highest BCUT2D eigenvalue weighted by Gasteiger charge is 2.45. The number of amides is 1. The first-order valence-corrected chi connectivity index (χ1v) is 10.3. The molecule has 1 saturated heterocycles. The Bertz CT molecular complexity index is 1020. The number of rotatable bonds is 7. The zero-order chi connectivity index (χ0) is 22.7. The standard InChI is InChI=1S/C23H25ClN2O5/c1-4-31-18-13-15(7-10-17(18)24)21(28)19-20(14-5-8-16(27)9-6-14)26(12-11-25(2)3)23(30)22(19)29/h5-10,13,20,27-28H,4,11-12H2,1-3H3/b21-19-. The third-order valence-electron chi connectivity index (χ3n) is 5.04. The van der Waals surface area contributed by atoms with Crippen LogP contribution < -0.4 is 4.74 Å².